The van der Waals surface area contributed by atoms with Gasteiger partial charge >= 0.3 is 6.03 Å². The zero-order chi connectivity index (χ0) is 16.5. The van der Waals surface area contributed by atoms with E-state index in [0.717, 1.165) is 38.0 Å². The van der Waals surface area contributed by atoms with Crippen LogP contribution in [0.2, 0.25) is 0 Å². The minimum absolute atomic E-state index is 0.126. The van der Waals surface area contributed by atoms with Crippen LogP contribution in [0.4, 0.5) is 4.79 Å². The number of rotatable bonds is 7. The van der Waals surface area contributed by atoms with E-state index in [0.29, 0.717) is 13.0 Å². The summed E-state index contributed by atoms with van der Waals surface area (Å²) in [6.45, 7) is 5.94. The van der Waals surface area contributed by atoms with Crippen molar-refractivity contribution in [1.29, 1.82) is 0 Å². The molecule has 128 valence electrons. The number of carbonyl (C=O) groups is 1. The summed E-state index contributed by atoms with van der Waals surface area (Å²) in [6, 6.07) is 9.67. The van der Waals surface area contributed by atoms with E-state index in [-0.39, 0.29) is 12.1 Å². The Balaban J connectivity index is 1.60. The summed E-state index contributed by atoms with van der Waals surface area (Å²) >= 11 is 0. The molecular formula is C18H29N3O2. The van der Waals surface area contributed by atoms with Crippen molar-refractivity contribution in [1.82, 2.24) is 15.5 Å². The number of aliphatic hydroxyl groups excluding tert-OH is 1. The molecule has 0 saturated carbocycles. The van der Waals surface area contributed by atoms with E-state index in [9.17, 15) is 9.90 Å². The lowest BCUT2D eigenvalue weighted by Crippen LogP contribution is -2.48. The second-order valence-electron chi connectivity index (χ2n) is 6.23. The molecule has 0 spiro atoms. The van der Waals surface area contributed by atoms with Crippen molar-refractivity contribution in [3.63, 3.8) is 0 Å². The first-order chi connectivity index (χ1) is 11.2. The number of benzene rings is 1. The van der Waals surface area contributed by atoms with Crippen molar-refractivity contribution in [3.8, 4) is 0 Å². The van der Waals surface area contributed by atoms with Gasteiger partial charge in [0.15, 0.2) is 0 Å². The number of urea groups is 1. The van der Waals surface area contributed by atoms with E-state index >= 15 is 0 Å². The maximum atomic E-state index is 11.9. The van der Waals surface area contributed by atoms with Gasteiger partial charge in [-0.05, 0) is 37.8 Å². The molecule has 0 aliphatic carbocycles. The molecule has 1 atom stereocenters. The van der Waals surface area contributed by atoms with Crippen LogP contribution in [0.25, 0.3) is 0 Å². The molecule has 1 aliphatic rings. The van der Waals surface area contributed by atoms with Crippen LogP contribution in [-0.2, 0) is 0 Å². The highest BCUT2D eigenvalue weighted by molar-refractivity contribution is 5.74. The van der Waals surface area contributed by atoms with Crippen LogP contribution in [0.3, 0.4) is 0 Å². The fraction of sp³-hybridized carbons (Fsp3) is 0.611. The summed E-state index contributed by atoms with van der Waals surface area (Å²) in [5.41, 5.74) is 0.887. The molecule has 1 aromatic carbocycles. The molecule has 1 aliphatic heterocycles. The largest absolute Gasteiger partial charge is 0.388 e. The Hall–Kier alpha value is -1.59. The Labute approximate surface area is 139 Å². The average molecular weight is 319 g/mol. The van der Waals surface area contributed by atoms with Crippen molar-refractivity contribution >= 4 is 6.03 Å². The Morgan fingerprint density at radius 3 is 2.65 bits per heavy atom. The summed E-state index contributed by atoms with van der Waals surface area (Å²) < 4.78 is 0. The van der Waals surface area contributed by atoms with Gasteiger partial charge in [0, 0.05) is 25.7 Å². The summed E-state index contributed by atoms with van der Waals surface area (Å²) in [5.74, 6) is 0. The Morgan fingerprint density at radius 1 is 1.30 bits per heavy atom. The van der Waals surface area contributed by atoms with Crippen molar-refractivity contribution in [2.24, 2.45) is 0 Å². The topological polar surface area (TPSA) is 64.6 Å². The molecule has 1 fully saturated rings. The predicted octanol–water partition coefficient (Wildman–Crippen LogP) is 2.28. The maximum absolute atomic E-state index is 11.9. The fourth-order valence-electron chi connectivity index (χ4n) is 3.02. The first-order valence-electron chi connectivity index (χ1n) is 8.68. The fourth-order valence-corrected chi connectivity index (χ4v) is 3.02. The summed E-state index contributed by atoms with van der Waals surface area (Å²) in [4.78, 5) is 14.4. The highest BCUT2D eigenvalue weighted by Crippen LogP contribution is 2.15. The van der Waals surface area contributed by atoms with Gasteiger partial charge in [-0.3, -0.25) is 0 Å². The number of amides is 2. The summed E-state index contributed by atoms with van der Waals surface area (Å²) in [5, 5.41) is 15.9. The van der Waals surface area contributed by atoms with Crippen LogP contribution in [0.5, 0.6) is 0 Å². The SMILES string of the molecule is CCCN1CCC(NC(=O)NCCC(O)c2ccccc2)CC1. The molecule has 1 saturated heterocycles. The van der Waals surface area contributed by atoms with Crippen molar-refractivity contribution < 1.29 is 9.90 Å². The molecular weight excluding hydrogens is 290 g/mol. The van der Waals surface area contributed by atoms with Crippen LogP contribution in [0, 0.1) is 0 Å². The van der Waals surface area contributed by atoms with Gasteiger partial charge in [0.1, 0.15) is 0 Å². The van der Waals surface area contributed by atoms with Crippen LogP contribution in [0.15, 0.2) is 30.3 Å². The van der Waals surface area contributed by atoms with Gasteiger partial charge in [0.05, 0.1) is 6.10 Å². The third kappa shape index (κ3) is 6.20. The summed E-state index contributed by atoms with van der Waals surface area (Å²) in [7, 11) is 0. The van der Waals surface area contributed by atoms with Crippen LogP contribution < -0.4 is 10.6 Å². The Kier molecular flexibility index (Phi) is 7.36. The molecule has 1 heterocycles. The molecule has 3 N–H and O–H groups in total. The monoisotopic (exact) mass is 319 g/mol. The number of nitrogens with one attached hydrogen (secondary N) is 2. The highest BCUT2D eigenvalue weighted by atomic mass is 16.3. The zero-order valence-electron chi connectivity index (χ0n) is 14.0. The van der Waals surface area contributed by atoms with Gasteiger partial charge < -0.3 is 20.6 Å². The molecule has 23 heavy (non-hydrogen) atoms. The predicted molar refractivity (Wildman–Crippen MR) is 92.3 cm³/mol. The number of carbonyl (C=O) groups excluding carboxylic acids is 1. The molecule has 2 rings (SSSR count). The minimum Gasteiger partial charge on any atom is -0.388 e. The van der Waals surface area contributed by atoms with Gasteiger partial charge in [-0.25, -0.2) is 4.79 Å². The molecule has 5 nitrogen and oxygen atoms in total. The van der Waals surface area contributed by atoms with Gasteiger partial charge in [-0.1, -0.05) is 37.3 Å². The smallest absolute Gasteiger partial charge is 0.315 e. The second kappa shape index (κ2) is 9.53. The van der Waals surface area contributed by atoms with Crippen molar-refractivity contribution in [2.75, 3.05) is 26.2 Å². The van der Waals surface area contributed by atoms with E-state index in [1.165, 1.54) is 6.42 Å². The standard InChI is InChI=1S/C18H29N3O2/c1-2-12-21-13-9-16(10-14-21)20-18(23)19-11-8-17(22)15-6-4-3-5-7-15/h3-7,16-17,22H,2,8-14H2,1H3,(H2,19,20,23). The maximum Gasteiger partial charge on any atom is 0.315 e. The third-order valence-electron chi connectivity index (χ3n) is 4.35. The number of aliphatic hydroxyl groups is 1. The number of nitrogens with zero attached hydrogens (tertiary/aromatic N) is 1. The zero-order valence-corrected chi connectivity index (χ0v) is 14.0. The lowest BCUT2D eigenvalue weighted by atomic mass is 10.1. The van der Waals surface area contributed by atoms with E-state index in [4.69, 9.17) is 0 Å². The lowest BCUT2D eigenvalue weighted by molar-refractivity contribution is 0.165. The van der Waals surface area contributed by atoms with Crippen molar-refractivity contribution in [2.45, 2.75) is 44.8 Å². The molecule has 0 bridgehead atoms. The molecule has 1 aromatic rings. The van der Waals surface area contributed by atoms with Gasteiger partial charge in [0.2, 0.25) is 0 Å². The quantitative estimate of drug-likeness (QED) is 0.722. The van der Waals surface area contributed by atoms with Crippen LogP contribution in [-0.4, -0.2) is 48.3 Å². The first kappa shape index (κ1) is 17.8. The molecule has 0 aromatic heterocycles. The van der Waals surface area contributed by atoms with Gasteiger partial charge in [-0.15, -0.1) is 0 Å². The van der Waals surface area contributed by atoms with E-state index < -0.39 is 6.10 Å². The Morgan fingerprint density at radius 2 is 2.00 bits per heavy atom. The molecule has 2 amide bonds. The second-order valence-corrected chi connectivity index (χ2v) is 6.23. The third-order valence-corrected chi connectivity index (χ3v) is 4.35. The van der Waals surface area contributed by atoms with Gasteiger partial charge in [-0.2, -0.15) is 0 Å². The summed E-state index contributed by atoms with van der Waals surface area (Å²) in [6.07, 6.45) is 3.20. The lowest BCUT2D eigenvalue weighted by Gasteiger charge is -2.32. The molecule has 1 unspecified atom stereocenters. The van der Waals surface area contributed by atoms with Gasteiger partial charge in [0.25, 0.3) is 0 Å². The number of hydrogen-bond acceptors (Lipinski definition) is 3. The highest BCUT2D eigenvalue weighted by Gasteiger charge is 2.19. The van der Waals surface area contributed by atoms with E-state index in [1.54, 1.807) is 0 Å². The van der Waals surface area contributed by atoms with Crippen LogP contribution in [0.1, 0.15) is 44.3 Å². The van der Waals surface area contributed by atoms with E-state index in [1.807, 2.05) is 30.3 Å². The van der Waals surface area contributed by atoms with Crippen molar-refractivity contribution in [3.05, 3.63) is 35.9 Å². The number of hydrogen-bond donors (Lipinski definition) is 3. The molecule has 0 radical (unpaired) electrons. The normalized spacial score (nSPS) is 17.7. The number of likely N-dealkylation sites (tertiary alicyclic amines) is 1. The van der Waals surface area contributed by atoms with Crippen LogP contribution >= 0.6 is 0 Å². The molecule has 5 heteroatoms. The first-order valence-corrected chi connectivity index (χ1v) is 8.68. The minimum atomic E-state index is -0.534. The average Bonchev–Trinajstić information content (AvgIpc) is 2.57. The Bertz CT molecular complexity index is 459. The number of piperidine rings is 1. The van der Waals surface area contributed by atoms with E-state index in [2.05, 4.69) is 22.5 Å².